The van der Waals surface area contributed by atoms with E-state index in [1.165, 1.54) is 24.8 Å². The summed E-state index contributed by atoms with van der Waals surface area (Å²) in [5.74, 6) is 1.56. The van der Waals surface area contributed by atoms with Crippen LogP contribution in [0.3, 0.4) is 0 Å². The van der Waals surface area contributed by atoms with Crippen LogP contribution >= 0.6 is 12.4 Å². The molecule has 1 spiro atoms. The molecular formula is C32H44ClN3O3. The van der Waals surface area contributed by atoms with Crippen LogP contribution in [-0.2, 0) is 16.1 Å². The van der Waals surface area contributed by atoms with Crippen LogP contribution in [0.15, 0.2) is 54.6 Å². The van der Waals surface area contributed by atoms with Gasteiger partial charge in [0.05, 0.1) is 18.6 Å². The van der Waals surface area contributed by atoms with E-state index in [-0.39, 0.29) is 35.7 Å². The molecule has 0 bridgehead atoms. The zero-order valence-electron chi connectivity index (χ0n) is 23.3. The summed E-state index contributed by atoms with van der Waals surface area (Å²) in [6.45, 7) is 4.34. The topological polar surface area (TPSA) is 61.9 Å². The number of methoxy groups -OCH3 is 1. The third-order valence-corrected chi connectivity index (χ3v) is 9.18. The number of benzene rings is 2. The predicted octanol–water partition coefficient (Wildman–Crippen LogP) is 5.76. The Morgan fingerprint density at radius 1 is 0.974 bits per heavy atom. The first-order valence-corrected chi connectivity index (χ1v) is 14.6. The smallest absolute Gasteiger partial charge is 0.229 e. The fourth-order valence-corrected chi connectivity index (χ4v) is 6.64. The Morgan fingerprint density at radius 3 is 2.31 bits per heavy atom. The Kier molecular flexibility index (Phi) is 10.3. The first-order valence-electron chi connectivity index (χ1n) is 14.6. The Morgan fingerprint density at radius 2 is 1.64 bits per heavy atom. The highest BCUT2D eigenvalue weighted by molar-refractivity contribution is 5.85. The molecule has 1 aliphatic carbocycles. The second-order valence-corrected chi connectivity index (χ2v) is 11.5. The number of ether oxygens (including phenoxy) is 1. The second-order valence-electron chi connectivity index (χ2n) is 11.5. The number of carbonyl (C=O) groups excluding carboxylic acids is 2. The molecule has 7 heteroatoms. The van der Waals surface area contributed by atoms with Crippen molar-refractivity contribution in [2.45, 2.75) is 70.4 Å². The number of rotatable bonds is 9. The molecule has 1 unspecified atom stereocenters. The molecule has 39 heavy (non-hydrogen) atoms. The van der Waals surface area contributed by atoms with E-state index in [2.05, 4.69) is 46.6 Å². The van der Waals surface area contributed by atoms with Crippen LogP contribution in [0.1, 0.15) is 75.0 Å². The monoisotopic (exact) mass is 553 g/mol. The van der Waals surface area contributed by atoms with Gasteiger partial charge in [0.2, 0.25) is 11.8 Å². The van der Waals surface area contributed by atoms with Crippen LogP contribution in [0.4, 0.5) is 0 Å². The number of likely N-dealkylation sites (tertiary alicyclic amines) is 2. The van der Waals surface area contributed by atoms with Gasteiger partial charge in [0.15, 0.2) is 0 Å². The molecule has 2 aromatic carbocycles. The Labute approximate surface area is 239 Å². The van der Waals surface area contributed by atoms with Crippen LogP contribution in [-0.4, -0.2) is 54.9 Å². The molecule has 1 saturated carbocycles. The molecule has 0 aromatic heterocycles. The molecule has 2 aliphatic heterocycles. The van der Waals surface area contributed by atoms with Gasteiger partial charge >= 0.3 is 0 Å². The number of hydrogen-bond donors (Lipinski definition) is 1. The van der Waals surface area contributed by atoms with Crippen molar-refractivity contribution in [2.75, 3.05) is 33.3 Å². The largest absolute Gasteiger partial charge is 0.497 e. The molecule has 2 heterocycles. The van der Waals surface area contributed by atoms with Crippen molar-refractivity contribution in [3.8, 4) is 5.75 Å². The molecule has 3 aliphatic rings. The maximum absolute atomic E-state index is 13.5. The van der Waals surface area contributed by atoms with Gasteiger partial charge in [-0.1, -0.05) is 61.7 Å². The summed E-state index contributed by atoms with van der Waals surface area (Å²) in [7, 11) is 1.67. The van der Waals surface area contributed by atoms with Gasteiger partial charge in [-0.25, -0.2) is 0 Å². The lowest BCUT2D eigenvalue weighted by Gasteiger charge is -2.38. The molecule has 1 N–H and O–H groups in total. The Bertz CT molecular complexity index is 1060. The van der Waals surface area contributed by atoms with E-state index in [0.717, 1.165) is 76.0 Å². The van der Waals surface area contributed by atoms with Gasteiger partial charge in [-0.3, -0.25) is 9.59 Å². The lowest BCUT2D eigenvalue weighted by molar-refractivity contribution is -0.139. The summed E-state index contributed by atoms with van der Waals surface area (Å²) in [6.07, 6.45) is 9.33. The number of hydrogen-bond acceptors (Lipinski definition) is 4. The maximum Gasteiger partial charge on any atom is 0.229 e. The molecule has 6 nitrogen and oxygen atoms in total. The lowest BCUT2D eigenvalue weighted by Crippen LogP contribution is -2.45. The van der Waals surface area contributed by atoms with E-state index >= 15 is 0 Å². The quantitative estimate of drug-likeness (QED) is 0.429. The van der Waals surface area contributed by atoms with Gasteiger partial charge in [0.1, 0.15) is 5.75 Å². The van der Waals surface area contributed by atoms with Crippen molar-refractivity contribution in [3.63, 3.8) is 0 Å². The van der Waals surface area contributed by atoms with Crippen LogP contribution in [0.2, 0.25) is 0 Å². The zero-order valence-corrected chi connectivity index (χ0v) is 24.1. The summed E-state index contributed by atoms with van der Waals surface area (Å²) in [6, 6.07) is 18.5. The van der Waals surface area contributed by atoms with E-state index in [9.17, 15) is 9.59 Å². The second kappa shape index (κ2) is 13.7. The van der Waals surface area contributed by atoms with E-state index in [1.807, 2.05) is 23.1 Å². The summed E-state index contributed by atoms with van der Waals surface area (Å²) < 4.78 is 5.26. The first kappa shape index (κ1) is 29.4. The van der Waals surface area contributed by atoms with Crippen molar-refractivity contribution < 1.29 is 14.3 Å². The van der Waals surface area contributed by atoms with Gasteiger partial charge in [-0.15, -0.1) is 12.4 Å². The fraction of sp³-hybridized carbons (Fsp3) is 0.562. The van der Waals surface area contributed by atoms with Crippen LogP contribution in [0, 0.1) is 11.3 Å². The first-order chi connectivity index (χ1) is 18.6. The zero-order chi connectivity index (χ0) is 26.4. The maximum atomic E-state index is 13.5. The minimum Gasteiger partial charge on any atom is -0.497 e. The van der Waals surface area contributed by atoms with Crippen molar-refractivity contribution >= 4 is 24.2 Å². The van der Waals surface area contributed by atoms with Gasteiger partial charge in [0, 0.05) is 25.6 Å². The number of carbonyl (C=O) groups is 2. The highest BCUT2D eigenvalue weighted by Crippen LogP contribution is 2.42. The number of nitrogens with zero attached hydrogens (tertiary/aromatic N) is 2. The highest BCUT2D eigenvalue weighted by Gasteiger charge is 2.47. The molecule has 2 saturated heterocycles. The van der Waals surface area contributed by atoms with E-state index < -0.39 is 0 Å². The number of amides is 2. The van der Waals surface area contributed by atoms with Crippen molar-refractivity contribution in [3.05, 3.63) is 65.7 Å². The van der Waals surface area contributed by atoms with Crippen molar-refractivity contribution in [2.24, 2.45) is 11.3 Å². The minimum absolute atomic E-state index is 0. The van der Waals surface area contributed by atoms with E-state index in [0.29, 0.717) is 12.5 Å². The van der Waals surface area contributed by atoms with Crippen LogP contribution in [0.5, 0.6) is 5.75 Å². The van der Waals surface area contributed by atoms with Crippen molar-refractivity contribution in [1.29, 1.82) is 0 Å². The van der Waals surface area contributed by atoms with Gasteiger partial charge < -0.3 is 19.9 Å². The number of piperidine rings is 1. The molecule has 5 rings (SSSR count). The summed E-state index contributed by atoms with van der Waals surface area (Å²) in [5, 5.41) is 3.40. The molecule has 212 valence electrons. The predicted molar refractivity (Wildman–Crippen MR) is 157 cm³/mol. The molecule has 0 radical (unpaired) electrons. The highest BCUT2D eigenvalue weighted by atomic mass is 35.5. The lowest BCUT2D eigenvalue weighted by atomic mass is 9.77. The van der Waals surface area contributed by atoms with E-state index in [1.54, 1.807) is 7.11 Å². The Balaban J connectivity index is 0.00000353. The van der Waals surface area contributed by atoms with E-state index in [4.69, 9.17) is 4.74 Å². The number of halogens is 1. The third-order valence-electron chi connectivity index (χ3n) is 9.18. The average Bonchev–Trinajstić information content (AvgIpc) is 3.27. The minimum atomic E-state index is -0.197. The summed E-state index contributed by atoms with van der Waals surface area (Å²) >= 11 is 0. The van der Waals surface area contributed by atoms with Gasteiger partial charge in [-0.05, 0) is 74.9 Å². The third kappa shape index (κ3) is 7.15. The van der Waals surface area contributed by atoms with Gasteiger partial charge in [0.25, 0.3) is 0 Å². The molecule has 2 amide bonds. The van der Waals surface area contributed by atoms with Gasteiger partial charge in [-0.2, -0.15) is 0 Å². The molecule has 1 atom stereocenters. The normalized spacial score (nSPS) is 20.4. The summed E-state index contributed by atoms with van der Waals surface area (Å²) in [5.41, 5.74) is 2.14. The SMILES string of the molecule is COc1ccc(CN2CCC3(CCN(CCC(NC(=O)C4CCCCC4)c4ccccc4)CC3)C2=O)cc1.Cl. The van der Waals surface area contributed by atoms with Crippen LogP contribution in [0.25, 0.3) is 0 Å². The molecular weight excluding hydrogens is 510 g/mol. The van der Waals surface area contributed by atoms with Crippen molar-refractivity contribution in [1.82, 2.24) is 15.1 Å². The van der Waals surface area contributed by atoms with Crippen LogP contribution < -0.4 is 10.1 Å². The molecule has 3 fully saturated rings. The standard InChI is InChI=1S/C32H43N3O3.ClH/c1-38-28-14-12-25(13-15-28)24-35-23-19-32(31(35)37)17-21-34(22-18-32)20-16-29(26-8-4-2-5-9-26)33-30(36)27-10-6-3-7-11-27;/h2,4-5,8-9,12-15,27,29H,3,6-7,10-11,16-24H2,1H3,(H,33,36);1H. The molecule has 2 aromatic rings. The summed E-state index contributed by atoms with van der Waals surface area (Å²) in [4.78, 5) is 31.1. The average molecular weight is 554 g/mol. The number of nitrogens with one attached hydrogen (secondary N) is 1. The Hall–Kier alpha value is -2.57. The fourth-order valence-electron chi connectivity index (χ4n) is 6.64.